The number of anilines is 1. The van der Waals surface area contributed by atoms with Crippen LogP contribution in [0, 0.1) is 6.92 Å². The first kappa shape index (κ1) is 17.8. The SMILES string of the molecule is COc1ccccc1C(=O)OC(C)C(=O)Nc1ccc(C)c(Cl)c1. The van der Waals surface area contributed by atoms with Crippen molar-refractivity contribution in [2.45, 2.75) is 20.0 Å². The van der Waals surface area contributed by atoms with Gasteiger partial charge in [0.2, 0.25) is 0 Å². The molecular weight excluding hydrogens is 330 g/mol. The molecular formula is C18H18ClNO4. The second-order valence-electron chi connectivity index (χ2n) is 5.20. The van der Waals surface area contributed by atoms with Crippen LogP contribution in [0.3, 0.4) is 0 Å². The lowest BCUT2D eigenvalue weighted by Crippen LogP contribution is -2.30. The fraction of sp³-hybridized carbons (Fsp3) is 0.222. The largest absolute Gasteiger partial charge is 0.496 e. The lowest BCUT2D eigenvalue weighted by atomic mass is 10.2. The van der Waals surface area contributed by atoms with Crippen molar-refractivity contribution >= 4 is 29.2 Å². The summed E-state index contributed by atoms with van der Waals surface area (Å²) in [5, 5.41) is 3.21. The fourth-order valence-electron chi connectivity index (χ4n) is 2.01. The van der Waals surface area contributed by atoms with E-state index >= 15 is 0 Å². The van der Waals surface area contributed by atoms with Crippen LogP contribution in [0.15, 0.2) is 42.5 Å². The third kappa shape index (κ3) is 4.26. The number of aryl methyl sites for hydroxylation is 1. The number of halogens is 1. The van der Waals surface area contributed by atoms with Gasteiger partial charge in [-0.2, -0.15) is 0 Å². The summed E-state index contributed by atoms with van der Waals surface area (Å²) < 4.78 is 10.3. The third-order valence-corrected chi connectivity index (χ3v) is 3.83. The molecule has 0 fully saturated rings. The minimum atomic E-state index is -0.970. The first-order valence-electron chi connectivity index (χ1n) is 7.33. The maximum absolute atomic E-state index is 12.2. The second kappa shape index (κ2) is 7.84. The first-order valence-corrected chi connectivity index (χ1v) is 7.71. The van der Waals surface area contributed by atoms with Crippen LogP contribution in [0.25, 0.3) is 0 Å². The van der Waals surface area contributed by atoms with Crippen LogP contribution in [0.2, 0.25) is 5.02 Å². The Morgan fingerprint density at radius 1 is 1.17 bits per heavy atom. The molecule has 0 aliphatic heterocycles. The van der Waals surface area contributed by atoms with E-state index in [-0.39, 0.29) is 5.56 Å². The van der Waals surface area contributed by atoms with Gasteiger partial charge in [-0.05, 0) is 43.7 Å². The first-order chi connectivity index (χ1) is 11.4. The zero-order valence-electron chi connectivity index (χ0n) is 13.6. The van der Waals surface area contributed by atoms with Gasteiger partial charge < -0.3 is 14.8 Å². The Kier molecular flexibility index (Phi) is 5.82. The van der Waals surface area contributed by atoms with Gasteiger partial charge in [0.25, 0.3) is 5.91 Å². The Balaban J connectivity index is 2.03. The Morgan fingerprint density at radius 3 is 2.54 bits per heavy atom. The molecule has 126 valence electrons. The van der Waals surface area contributed by atoms with E-state index in [0.29, 0.717) is 16.5 Å². The number of esters is 1. The minimum absolute atomic E-state index is 0.262. The van der Waals surface area contributed by atoms with Gasteiger partial charge in [0.05, 0.1) is 7.11 Å². The number of amides is 1. The minimum Gasteiger partial charge on any atom is -0.496 e. The Bertz CT molecular complexity index is 760. The average Bonchev–Trinajstić information content (AvgIpc) is 2.57. The molecule has 0 aliphatic carbocycles. The summed E-state index contributed by atoms with van der Waals surface area (Å²) in [6, 6.07) is 11.8. The molecule has 1 unspecified atom stereocenters. The van der Waals surface area contributed by atoms with E-state index in [9.17, 15) is 9.59 Å². The van der Waals surface area contributed by atoms with Crippen molar-refractivity contribution in [3.05, 3.63) is 58.6 Å². The summed E-state index contributed by atoms with van der Waals surface area (Å²) in [6.45, 7) is 3.37. The molecule has 0 saturated carbocycles. The zero-order chi connectivity index (χ0) is 17.7. The van der Waals surface area contributed by atoms with Crippen molar-refractivity contribution in [2.75, 3.05) is 12.4 Å². The Morgan fingerprint density at radius 2 is 1.88 bits per heavy atom. The molecule has 0 aliphatic rings. The molecule has 0 saturated heterocycles. The van der Waals surface area contributed by atoms with Gasteiger partial charge in [0, 0.05) is 10.7 Å². The number of para-hydroxylation sites is 1. The average molecular weight is 348 g/mol. The van der Waals surface area contributed by atoms with Crippen LogP contribution in [0.1, 0.15) is 22.8 Å². The molecule has 0 radical (unpaired) electrons. The van der Waals surface area contributed by atoms with Crippen LogP contribution in [0.4, 0.5) is 5.69 Å². The van der Waals surface area contributed by atoms with Crippen molar-refractivity contribution in [3.63, 3.8) is 0 Å². The maximum Gasteiger partial charge on any atom is 0.342 e. The molecule has 0 bridgehead atoms. The van der Waals surface area contributed by atoms with Gasteiger partial charge >= 0.3 is 5.97 Å². The lowest BCUT2D eigenvalue weighted by Gasteiger charge is -2.15. The monoisotopic (exact) mass is 347 g/mol. The predicted molar refractivity (Wildman–Crippen MR) is 92.7 cm³/mol. The number of rotatable bonds is 5. The normalized spacial score (nSPS) is 11.5. The summed E-state index contributed by atoms with van der Waals surface area (Å²) in [6.07, 6.45) is -0.970. The van der Waals surface area contributed by atoms with Gasteiger partial charge in [0.15, 0.2) is 6.10 Å². The number of benzene rings is 2. The van der Waals surface area contributed by atoms with Gasteiger partial charge in [-0.3, -0.25) is 4.79 Å². The summed E-state index contributed by atoms with van der Waals surface area (Å²) in [7, 11) is 1.46. The third-order valence-electron chi connectivity index (χ3n) is 3.42. The number of carbonyl (C=O) groups is 2. The van der Waals surface area contributed by atoms with Crippen molar-refractivity contribution < 1.29 is 19.1 Å². The van der Waals surface area contributed by atoms with Gasteiger partial charge in [-0.25, -0.2) is 4.79 Å². The van der Waals surface area contributed by atoms with E-state index in [0.717, 1.165) is 5.56 Å². The van der Waals surface area contributed by atoms with Crippen LogP contribution in [0.5, 0.6) is 5.75 Å². The number of ether oxygens (including phenoxy) is 2. The standard InChI is InChI=1S/C18H18ClNO4/c1-11-8-9-13(10-15(11)19)20-17(21)12(2)24-18(22)14-6-4-5-7-16(14)23-3/h4-10,12H,1-3H3,(H,20,21). The van der Waals surface area contributed by atoms with Gasteiger partial charge in [-0.15, -0.1) is 0 Å². The Hall–Kier alpha value is -2.53. The highest BCUT2D eigenvalue weighted by Crippen LogP contribution is 2.21. The highest BCUT2D eigenvalue weighted by atomic mass is 35.5. The lowest BCUT2D eigenvalue weighted by molar-refractivity contribution is -0.123. The molecule has 0 heterocycles. The molecule has 0 spiro atoms. The molecule has 0 aromatic heterocycles. The number of hydrogen-bond donors (Lipinski definition) is 1. The topological polar surface area (TPSA) is 64.6 Å². The van der Waals surface area contributed by atoms with Crippen LogP contribution in [-0.2, 0) is 9.53 Å². The van der Waals surface area contributed by atoms with E-state index in [1.807, 2.05) is 6.92 Å². The molecule has 2 aromatic carbocycles. The van der Waals surface area contributed by atoms with Crippen LogP contribution < -0.4 is 10.1 Å². The van der Waals surface area contributed by atoms with Gasteiger partial charge in [-0.1, -0.05) is 29.8 Å². The van der Waals surface area contributed by atoms with Crippen molar-refractivity contribution in [3.8, 4) is 5.75 Å². The maximum atomic E-state index is 12.2. The quantitative estimate of drug-likeness (QED) is 0.834. The molecule has 24 heavy (non-hydrogen) atoms. The molecule has 6 heteroatoms. The van der Waals surface area contributed by atoms with Crippen molar-refractivity contribution in [1.29, 1.82) is 0 Å². The number of nitrogens with one attached hydrogen (secondary N) is 1. The van der Waals surface area contributed by atoms with Crippen LogP contribution in [-0.4, -0.2) is 25.1 Å². The summed E-state index contributed by atoms with van der Waals surface area (Å²) in [5.74, 6) is -0.685. The van der Waals surface area contributed by atoms with E-state index in [2.05, 4.69) is 5.32 Å². The molecule has 1 amide bonds. The van der Waals surface area contributed by atoms with Gasteiger partial charge in [0.1, 0.15) is 11.3 Å². The summed E-state index contributed by atoms with van der Waals surface area (Å²) >= 11 is 6.02. The van der Waals surface area contributed by atoms with E-state index < -0.39 is 18.0 Å². The van der Waals surface area contributed by atoms with Crippen molar-refractivity contribution in [1.82, 2.24) is 0 Å². The van der Waals surface area contributed by atoms with E-state index in [1.54, 1.807) is 42.5 Å². The Labute approximate surface area is 145 Å². The smallest absolute Gasteiger partial charge is 0.342 e. The second-order valence-corrected chi connectivity index (χ2v) is 5.61. The number of methoxy groups -OCH3 is 1. The van der Waals surface area contributed by atoms with E-state index in [1.165, 1.54) is 14.0 Å². The summed E-state index contributed by atoms with van der Waals surface area (Å²) in [4.78, 5) is 24.4. The summed E-state index contributed by atoms with van der Waals surface area (Å²) in [5.41, 5.74) is 1.71. The number of carbonyl (C=O) groups excluding carboxylic acids is 2. The zero-order valence-corrected chi connectivity index (χ0v) is 14.4. The fourth-order valence-corrected chi connectivity index (χ4v) is 2.19. The highest BCUT2D eigenvalue weighted by Gasteiger charge is 2.21. The van der Waals surface area contributed by atoms with Crippen LogP contribution >= 0.6 is 11.6 Å². The number of hydrogen-bond acceptors (Lipinski definition) is 4. The highest BCUT2D eigenvalue weighted by molar-refractivity contribution is 6.31. The predicted octanol–water partition coefficient (Wildman–Crippen LogP) is 3.84. The van der Waals surface area contributed by atoms with Crippen molar-refractivity contribution in [2.24, 2.45) is 0 Å². The molecule has 2 rings (SSSR count). The molecule has 1 N–H and O–H groups in total. The molecule has 1 atom stereocenters. The van der Waals surface area contributed by atoms with E-state index in [4.69, 9.17) is 21.1 Å². The molecule has 2 aromatic rings. The molecule has 5 nitrogen and oxygen atoms in total.